The zero-order valence-corrected chi connectivity index (χ0v) is 22.9. The first-order valence-electron chi connectivity index (χ1n) is 12.9. The first-order valence-corrected chi connectivity index (χ1v) is 12.9. The topological polar surface area (TPSA) is 100 Å². The Bertz CT molecular complexity index is 1040. The Kier molecular flexibility index (Phi) is 9.93. The Hall–Kier alpha value is -3.56. The second-order valence-electron chi connectivity index (χ2n) is 9.71. The molecule has 0 spiro atoms. The van der Waals surface area contributed by atoms with Crippen molar-refractivity contribution >= 4 is 17.8 Å². The average Bonchev–Trinajstić information content (AvgIpc) is 2.91. The van der Waals surface area contributed by atoms with E-state index in [0.29, 0.717) is 50.1 Å². The monoisotopic (exact) mass is 512 g/mol. The Morgan fingerprint density at radius 2 is 1.70 bits per heavy atom. The molecule has 1 aromatic carbocycles. The third-order valence-corrected chi connectivity index (χ3v) is 6.54. The molecule has 10 heteroatoms. The number of hydrogen-bond acceptors (Lipinski definition) is 7. The molecule has 2 aromatic rings. The second kappa shape index (κ2) is 13.1. The van der Waals surface area contributed by atoms with Gasteiger partial charge in [-0.1, -0.05) is 20.3 Å². The van der Waals surface area contributed by atoms with Crippen LogP contribution in [0.5, 0.6) is 11.5 Å². The van der Waals surface area contributed by atoms with Gasteiger partial charge >= 0.3 is 6.03 Å². The fourth-order valence-electron chi connectivity index (χ4n) is 4.15. The molecular weight excluding hydrogens is 472 g/mol. The average molecular weight is 513 g/mol. The summed E-state index contributed by atoms with van der Waals surface area (Å²) in [5.41, 5.74) is 1.62. The van der Waals surface area contributed by atoms with E-state index in [1.165, 1.54) is 0 Å². The number of anilines is 1. The van der Waals surface area contributed by atoms with Crippen LogP contribution in [-0.4, -0.2) is 91.5 Å². The van der Waals surface area contributed by atoms with Gasteiger partial charge in [0.05, 0.1) is 19.9 Å². The molecular formula is C27H40N6O4. The minimum absolute atomic E-state index is 0.0184. The van der Waals surface area contributed by atoms with Gasteiger partial charge < -0.3 is 29.5 Å². The van der Waals surface area contributed by atoms with Gasteiger partial charge in [-0.2, -0.15) is 0 Å². The lowest BCUT2D eigenvalue weighted by molar-refractivity contribution is -0.132. The third kappa shape index (κ3) is 7.47. The van der Waals surface area contributed by atoms with Crippen molar-refractivity contribution in [3.8, 4) is 22.8 Å². The Morgan fingerprint density at radius 1 is 1.00 bits per heavy atom. The molecule has 0 radical (unpaired) electrons. The summed E-state index contributed by atoms with van der Waals surface area (Å²) in [6.45, 7) is 11.1. The molecule has 0 saturated carbocycles. The Balaban J connectivity index is 1.58. The smallest absolute Gasteiger partial charge is 0.318 e. The van der Waals surface area contributed by atoms with Crippen LogP contribution >= 0.6 is 0 Å². The minimum Gasteiger partial charge on any atom is -0.493 e. The number of rotatable bonds is 10. The van der Waals surface area contributed by atoms with Crippen LogP contribution in [-0.2, 0) is 4.79 Å². The number of methoxy groups -OCH3 is 2. The van der Waals surface area contributed by atoms with E-state index in [-0.39, 0.29) is 24.5 Å². The Morgan fingerprint density at radius 3 is 2.27 bits per heavy atom. The molecule has 3 amide bonds. The number of hydrogen-bond donors (Lipinski definition) is 1. The number of amides is 3. The molecule has 1 aliphatic rings. The maximum Gasteiger partial charge on any atom is 0.318 e. The lowest BCUT2D eigenvalue weighted by Gasteiger charge is -2.36. The number of piperazine rings is 1. The van der Waals surface area contributed by atoms with Crippen molar-refractivity contribution in [1.29, 1.82) is 0 Å². The number of benzene rings is 1. The van der Waals surface area contributed by atoms with Crippen molar-refractivity contribution in [3.63, 3.8) is 0 Å². The number of nitrogens with zero attached hydrogens (tertiary/aromatic N) is 5. The van der Waals surface area contributed by atoms with Crippen molar-refractivity contribution in [3.05, 3.63) is 30.3 Å². The van der Waals surface area contributed by atoms with Crippen molar-refractivity contribution in [1.82, 2.24) is 25.3 Å². The maximum atomic E-state index is 13.0. The molecule has 0 bridgehead atoms. The fraction of sp³-hybridized carbons (Fsp3) is 0.556. The summed E-state index contributed by atoms with van der Waals surface area (Å²) in [6, 6.07) is 9.34. The van der Waals surface area contributed by atoms with E-state index < -0.39 is 0 Å². The predicted octanol–water partition coefficient (Wildman–Crippen LogP) is 3.28. The van der Waals surface area contributed by atoms with E-state index in [0.717, 1.165) is 23.5 Å². The summed E-state index contributed by atoms with van der Waals surface area (Å²) >= 11 is 0. The van der Waals surface area contributed by atoms with Crippen LogP contribution in [0.15, 0.2) is 30.3 Å². The van der Waals surface area contributed by atoms with Gasteiger partial charge in [0.25, 0.3) is 0 Å². The van der Waals surface area contributed by atoms with E-state index >= 15 is 0 Å². The number of ether oxygens (including phenoxy) is 2. The molecule has 3 rings (SSSR count). The molecule has 1 aliphatic heterocycles. The molecule has 2 heterocycles. The largest absolute Gasteiger partial charge is 0.493 e. The first kappa shape index (κ1) is 28.0. The minimum atomic E-state index is -0.188. The summed E-state index contributed by atoms with van der Waals surface area (Å²) < 4.78 is 10.7. The van der Waals surface area contributed by atoms with E-state index in [1.807, 2.05) is 49.1 Å². The zero-order chi connectivity index (χ0) is 26.9. The van der Waals surface area contributed by atoms with Gasteiger partial charge in [-0.25, -0.2) is 4.79 Å². The normalized spacial score (nSPS) is 14.4. The SMILES string of the molecule is CCC(C)CN(CC(=O)N1CCN(c2ccc(-c3ccc(OC)c(OC)c3)nn2)CC1)C(=O)NC(C)C. The van der Waals surface area contributed by atoms with Crippen LogP contribution < -0.4 is 19.7 Å². The van der Waals surface area contributed by atoms with E-state index in [4.69, 9.17) is 9.47 Å². The van der Waals surface area contributed by atoms with Gasteiger partial charge in [-0.05, 0) is 50.1 Å². The molecule has 1 unspecified atom stereocenters. The van der Waals surface area contributed by atoms with E-state index in [1.54, 1.807) is 19.1 Å². The fourth-order valence-corrected chi connectivity index (χ4v) is 4.15. The van der Waals surface area contributed by atoms with Gasteiger partial charge in [0.2, 0.25) is 5.91 Å². The maximum absolute atomic E-state index is 13.0. The van der Waals surface area contributed by atoms with Crippen LogP contribution in [0.3, 0.4) is 0 Å². The highest BCUT2D eigenvalue weighted by Gasteiger charge is 2.26. The molecule has 1 fully saturated rings. The van der Waals surface area contributed by atoms with Gasteiger partial charge in [0.1, 0.15) is 6.54 Å². The first-order chi connectivity index (χ1) is 17.7. The highest BCUT2D eigenvalue weighted by atomic mass is 16.5. The second-order valence-corrected chi connectivity index (χ2v) is 9.71. The molecule has 1 aromatic heterocycles. The Labute approximate surface area is 219 Å². The van der Waals surface area contributed by atoms with Crippen LogP contribution in [0.4, 0.5) is 10.6 Å². The number of carbonyl (C=O) groups is 2. The van der Waals surface area contributed by atoms with Crippen LogP contribution in [0.2, 0.25) is 0 Å². The van der Waals surface area contributed by atoms with Crippen LogP contribution in [0.1, 0.15) is 34.1 Å². The molecule has 1 N–H and O–H groups in total. The number of urea groups is 1. The molecule has 0 aliphatic carbocycles. The predicted molar refractivity (Wildman–Crippen MR) is 144 cm³/mol. The van der Waals surface area contributed by atoms with Gasteiger partial charge in [-0.15, -0.1) is 10.2 Å². The number of carbonyl (C=O) groups excluding carboxylic acids is 2. The highest BCUT2D eigenvalue weighted by Crippen LogP contribution is 2.31. The molecule has 202 valence electrons. The quantitative estimate of drug-likeness (QED) is 0.521. The van der Waals surface area contributed by atoms with Crippen molar-refractivity contribution in [2.75, 3.05) is 58.4 Å². The van der Waals surface area contributed by atoms with E-state index in [9.17, 15) is 9.59 Å². The summed E-state index contributed by atoms with van der Waals surface area (Å²) in [4.78, 5) is 31.3. The highest BCUT2D eigenvalue weighted by molar-refractivity contribution is 5.84. The number of nitrogens with one attached hydrogen (secondary N) is 1. The lowest BCUT2D eigenvalue weighted by atomic mass is 10.1. The third-order valence-electron chi connectivity index (χ3n) is 6.54. The van der Waals surface area contributed by atoms with E-state index in [2.05, 4.69) is 34.3 Å². The molecule has 1 saturated heterocycles. The van der Waals surface area contributed by atoms with Crippen LogP contribution in [0, 0.1) is 5.92 Å². The standard InChI is InChI=1S/C27H40N6O4/c1-7-20(4)17-33(27(35)28-19(2)3)18-26(34)32-14-12-31(13-15-32)25-11-9-22(29-30-25)21-8-10-23(36-5)24(16-21)37-6/h8-11,16,19-20H,7,12-15,17-18H2,1-6H3,(H,28,35). The zero-order valence-electron chi connectivity index (χ0n) is 22.9. The van der Waals surface area contributed by atoms with Crippen molar-refractivity contribution in [2.24, 2.45) is 5.92 Å². The summed E-state index contributed by atoms with van der Waals surface area (Å²) in [5, 5.41) is 11.8. The van der Waals surface area contributed by atoms with Crippen molar-refractivity contribution in [2.45, 2.75) is 40.2 Å². The van der Waals surface area contributed by atoms with Crippen molar-refractivity contribution < 1.29 is 19.1 Å². The lowest BCUT2D eigenvalue weighted by Crippen LogP contribution is -2.54. The van der Waals surface area contributed by atoms with Crippen LogP contribution in [0.25, 0.3) is 11.3 Å². The molecule has 1 atom stereocenters. The summed E-state index contributed by atoms with van der Waals surface area (Å²) in [6.07, 6.45) is 0.949. The number of aromatic nitrogens is 2. The van der Waals surface area contributed by atoms with Gasteiger partial charge in [-0.3, -0.25) is 4.79 Å². The summed E-state index contributed by atoms with van der Waals surface area (Å²) in [5.74, 6) is 2.36. The summed E-state index contributed by atoms with van der Waals surface area (Å²) in [7, 11) is 3.20. The van der Waals surface area contributed by atoms with Gasteiger partial charge in [0, 0.05) is 44.3 Å². The van der Waals surface area contributed by atoms with Gasteiger partial charge in [0.15, 0.2) is 17.3 Å². The molecule has 37 heavy (non-hydrogen) atoms. The molecule has 10 nitrogen and oxygen atoms in total.